The lowest BCUT2D eigenvalue weighted by atomic mass is 9.99. The number of hydrogen-bond acceptors (Lipinski definition) is 3. The molecule has 1 aromatic carbocycles. The van der Waals surface area contributed by atoms with Gasteiger partial charge in [-0.25, -0.2) is 0 Å². The van der Waals surface area contributed by atoms with Crippen LogP contribution in [0.25, 0.3) is 10.9 Å². The van der Waals surface area contributed by atoms with Crippen LogP contribution in [0.3, 0.4) is 0 Å². The monoisotopic (exact) mass is 328 g/mol. The number of pyridine rings is 1. The molecule has 1 amide bonds. The molecule has 5 nitrogen and oxygen atoms in total. The second-order valence-corrected chi connectivity index (χ2v) is 6.56. The summed E-state index contributed by atoms with van der Waals surface area (Å²) >= 11 is 0. The molecule has 1 saturated heterocycles. The molecule has 2 heterocycles. The van der Waals surface area contributed by atoms with Gasteiger partial charge in [-0.3, -0.25) is 9.59 Å². The number of piperidine rings is 1. The van der Waals surface area contributed by atoms with Crippen molar-refractivity contribution < 1.29 is 9.53 Å². The van der Waals surface area contributed by atoms with Gasteiger partial charge in [-0.1, -0.05) is 12.1 Å². The van der Waals surface area contributed by atoms with Crippen LogP contribution >= 0.6 is 0 Å². The van der Waals surface area contributed by atoms with Crippen molar-refractivity contribution in [3.05, 3.63) is 46.2 Å². The minimum atomic E-state index is 0.00456. The number of carbonyl (C=O) groups is 1. The van der Waals surface area contributed by atoms with Crippen LogP contribution in [-0.2, 0) is 16.1 Å². The van der Waals surface area contributed by atoms with Crippen LogP contribution in [0.1, 0.15) is 18.5 Å². The van der Waals surface area contributed by atoms with Crippen LogP contribution in [0.15, 0.2) is 35.1 Å². The topological polar surface area (TPSA) is 51.5 Å². The highest BCUT2D eigenvalue weighted by Gasteiger charge is 2.24. The Morgan fingerprint density at radius 1 is 1.33 bits per heavy atom. The van der Waals surface area contributed by atoms with Crippen molar-refractivity contribution in [2.45, 2.75) is 26.3 Å². The first-order chi connectivity index (χ1) is 11.6. The molecule has 3 rings (SSSR count). The second kappa shape index (κ2) is 7.18. The van der Waals surface area contributed by atoms with E-state index >= 15 is 0 Å². The molecule has 1 fully saturated rings. The summed E-state index contributed by atoms with van der Waals surface area (Å²) in [6, 6.07) is 9.08. The maximum atomic E-state index is 12.8. The van der Waals surface area contributed by atoms with Gasteiger partial charge in [-0.05, 0) is 37.8 Å². The van der Waals surface area contributed by atoms with Gasteiger partial charge in [0.2, 0.25) is 5.91 Å². The molecule has 0 N–H and O–H groups in total. The number of rotatable bonds is 4. The lowest BCUT2D eigenvalue weighted by Crippen LogP contribution is -2.42. The molecule has 0 bridgehead atoms. The van der Waals surface area contributed by atoms with Gasteiger partial charge in [0.1, 0.15) is 6.54 Å². The van der Waals surface area contributed by atoms with E-state index in [-0.39, 0.29) is 17.9 Å². The van der Waals surface area contributed by atoms with E-state index in [4.69, 9.17) is 4.74 Å². The Morgan fingerprint density at radius 2 is 2.12 bits per heavy atom. The zero-order valence-corrected chi connectivity index (χ0v) is 14.3. The molecule has 5 heteroatoms. The fourth-order valence-corrected chi connectivity index (χ4v) is 3.56. The molecule has 0 unspecified atom stereocenters. The van der Waals surface area contributed by atoms with E-state index < -0.39 is 0 Å². The Morgan fingerprint density at radius 3 is 2.92 bits per heavy atom. The lowest BCUT2D eigenvalue weighted by Gasteiger charge is -2.33. The second-order valence-electron chi connectivity index (χ2n) is 6.56. The smallest absolute Gasteiger partial charge is 0.242 e. The normalized spacial score (nSPS) is 18.1. The van der Waals surface area contributed by atoms with Crippen LogP contribution in [0, 0.1) is 12.8 Å². The third-order valence-corrected chi connectivity index (χ3v) is 4.79. The van der Waals surface area contributed by atoms with Gasteiger partial charge in [-0.15, -0.1) is 0 Å². The molecule has 1 aliphatic heterocycles. The van der Waals surface area contributed by atoms with Gasteiger partial charge >= 0.3 is 0 Å². The summed E-state index contributed by atoms with van der Waals surface area (Å²) < 4.78 is 7.18. The molecule has 0 spiro atoms. The van der Waals surface area contributed by atoms with Gasteiger partial charge in [0.15, 0.2) is 5.43 Å². The molecule has 2 aromatic rings. The van der Waals surface area contributed by atoms with Gasteiger partial charge in [0.05, 0.1) is 12.1 Å². The minimum Gasteiger partial charge on any atom is -0.384 e. The average molecular weight is 328 g/mol. The van der Waals surface area contributed by atoms with Gasteiger partial charge in [0, 0.05) is 37.3 Å². The van der Waals surface area contributed by atoms with E-state index in [0.717, 1.165) is 37.1 Å². The molecular weight excluding hydrogens is 304 g/mol. The fourth-order valence-electron chi connectivity index (χ4n) is 3.56. The largest absolute Gasteiger partial charge is 0.384 e. The quantitative estimate of drug-likeness (QED) is 0.864. The maximum absolute atomic E-state index is 12.8. The highest BCUT2D eigenvalue weighted by molar-refractivity contribution is 5.82. The number of likely N-dealkylation sites (tertiary alicyclic amines) is 1. The highest BCUT2D eigenvalue weighted by Crippen LogP contribution is 2.18. The van der Waals surface area contributed by atoms with Crippen molar-refractivity contribution in [3.8, 4) is 0 Å². The molecule has 1 aliphatic rings. The van der Waals surface area contributed by atoms with Gasteiger partial charge in [0.25, 0.3) is 0 Å². The number of aryl methyl sites for hydroxylation is 1. The highest BCUT2D eigenvalue weighted by atomic mass is 16.5. The van der Waals surface area contributed by atoms with E-state index in [2.05, 4.69) is 0 Å². The average Bonchev–Trinajstić information content (AvgIpc) is 2.59. The Kier molecular flexibility index (Phi) is 5.00. The van der Waals surface area contributed by atoms with Crippen molar-refractivity contribution in [1.29, 1.82) is 0 Å². The molecule has 128 valence electrons. The third kappa shape index (κ3) is 3.36. The first-order valence-corrected chi connectivity index (χ1v) is 8.46. The number of nitrogens with zero attached hydrogens (tertiary/aromatic N) is 2. The van der Waals surface area contributed by atoms with Crippen LogP contribution in [0.5, 0.6) is 0 Å². The number of carbonyl (C=O) groups excluding carboxylic acids is 1. The van der Waals surface area contributed by atoms with Crippen molar-refractivity contribution in [3.63, 3.8) is 0 Å². The van der Waals surface area contributed by atoms with Crippen LogP contribution in [0.4, 0.5) is 0 Å². The number of para-hydroxylation sites is 1. The van der Waals surface area contributed by atoms with Crippen LogP contribution in [-0.4, -0.2) is 42.2 Å². The molecular formula is C19H24N2O3. The zero-order valence-electron chi connectivity index (χ0n) is 14.3. The fraction of sp³-hybridized carbons (Fsp3) is 0.474. The summed E-state index contributed by atoms with van der Waals surface area (Å²) in [5.41, 5.74) is 1.64. The summed E-state index contributed by atoms with van der Waals surface area (Å²) in [5, 5.41) is 0.659. The zero-order chi connectivity index (χ0) is 17.1. The van der Waals surface area contributed by atoms with Crippen molar-refractivity contribution in [2.75, 3.05) is 26.8 Å². The van der Waals surface area contributed by atoms with E-state index in [1.54, 1.807) is 13.2 Å². The first-order valence-electron chi connectivity index (χ1n) is 8.46. The Labute approximate surface area is 141 Å². The number of amides is 1. The summed E-state index contributed by atoms with van der Waals surface area (Å²) in [7, 11) is 1.70. The van der Waals surface area contributed by atoms with Crippen LogP contribution in [0.2, 0.25) is 0 Å². The van der Waals surface area contributed by atoms with Crippen molar-refractivity contribution in [1.82, 2.24) is 9.47 Å². The predicted molar refractivity (Wildman–Crippen MR) is 94.1 cm³/mol. The summed E-state index contributed by atoms with van der Waals surface area (Å²) in [5.74, 6) is 0.521. The molecule has 0 aliphatic carbocycles. The summed E-state index contributed by atoms with van der Waals surface area (Å²) in [4.78, 5) is 26.8. The molecule has 1 atom stereocenters. The maximum Gasteiger partial charge on any atom is 0.242 e. The minimum absolute atomic E-state index is 0.00456. The van der Waals surface area contributed by atoms with Crippen LogP contribution < -0.4 is 5.43 Å². The Bertz CT molecular complexity index is 795. The third-order valence-electron chi connectivity index (χ3n) is 4.79. The van der Waals surface area contributed by atoms with Crippen molar-refractivity contribution in [2.24, 2.45) is 5.92 Å². The number of fused-ring (bicyclic) bond motifs is 1. The predicted octanol–water partition coefficient (Wildman–Crippen LogP) is 2.19. The Balaban J connectivity index is 1.84. The molecule has 0 radical (unpaired) electrons. The summed E-state index contributed by atoms with van der Waals surface area (Å²) in [6.07, 6.45) is 2.13. The molecule has 1 aromatic heterocycles. The number of ether oxygens (including phenoxy) is 1. The SMILES string of the molecule is COC[C@@H]1CCCN(C(=O)Cn2c(C)cc(=O)c3ccccc32)C1. The number of benzene rings is 1. The van der Waals surface area contributed by atoms with Gasteiger partial charge in [-0.2, -0.15) is 0 Å². The number of hydrogen-bond donors (Lipinski definition) is 0. The van der Waals surface area contributed by atoms with Gasteiger partial charge < -0.3 is 14.2 Å². The van der Waals surface area contributed by atoms with E-state index in [0.29, 0.717) is 17.9 Å². The number of methoxy groups -OCH3 is 1. The van der Waals surface area contributed by atoms with Crippen molar-refractivity contribution >= 4 is 16.8 Å². The summed E-state index contributed by atoms with van der Waals surface area (Å²) in [6.45, 7) is 4.40. The number of aromatic nitrogens is 1. The Hall–Kier alpha value is -2.14. The lowest BCUT2D eigenvalue weighted by molar-refractivity contribution is -0.134. The standard InChI is InChI=1S/C19H24N2O3/c1-14-10-18(22)16-7-3-4-8-17(16)21(14)12-19(23)20-9-5-6-15(11-20)13-24-2/h3-4,7-8,10,15H,5-6,9,11-13H2,1-2H3/t15-/m1/s1. The molecule has 24 heavy (non-hydrogen) atoms. The van der Waals surface area contributed by atoms with E-state index in [1.807, 2.05) is 40.7 Å². The van der Waals surface area contributed by atoms with E-state index in [1.165, 1.54) is 0 Å². The molecule has 0 saturated carbocycles. The van der Waals surface area contributed by atoms with E-state index in [9.17, 15) is 9.59 Å². The first kappa shape index (κ1) is 16.7.